The van der Waals surface area contributed by atoms with Crippen LogP contribution in [0, 0.1) is 5.82 Å². The second kappa shape index (κ2) is 10.1. The molecule has 1 aromatic heterocycles. The molecule has 1 aromatic carbocycles. The standard InChI is InChI=1S/C21H24FN3O2S/c22-18-9-7-17(8-10-18)5-2-16-28-20-19(21(26)27)6-1-12-24(20)13-4-15-25-14-3-11-23-25/h1,3,6-12,14,20H,2,4-5,13,15-16H2,(H,26,27). The minimum absolute atomic E-state index is 0.201. The van der Waals surface area contributed by atoms with Gasteiger partial charge in [-0.15, -0.1) is 11.8 Å². The maximum Gasteiger partial charge on any atom is 0.334 e. The summed E-state index contributed by atoms with van der Waals surface area (Å²) < 4.78 is 14.9. The van der Waals surface area contributed by atoms with Crippen molar-refractivity contribution in [1.82, 2.24) is 14.7 Å². The van der Waals surface area contributed by atoms with E-state index in [2.05, 4.69) is 10.00 Å². The van der Waals surface area contributed by atoms with Crippen LogP contribution in [0.5, 0.6) is 0 Å². The number of benzene rings is 1. The summed E-state index contributed by atoms with van der Waals surface area (Å²) in [6.45, 7) is 1.56. The van der Waals surface area contributed by atoms with Crippen LogP contribution < -0.4 is 0 Å². The van der Waals surface area contributed by atoms with Crippen LogP contribution in [0.2, 0.25) is 0 Å². The first-order valence-electron chi connectivity index (χ1n) is 9.34. The zero-order chi connectivity index (χ0) is 19.8. The molecule has 0 bridgehead atoms. The summed E-state index contributed by atoms with van der Waals surface area (Å²) in [5, 5.41) is 13.6. The number of hydrogen-bond donors (Lipinski definition) is 1. The molecule has 1 unspecified atom stereocenters. The van der Waals surface area contributed by atoms with Crippen molar-refractivity contribution >= 4 is 17.7 Å². The predicted octanol–water partition coefficient (Wildman–Crippen LogP) is 3.94. The maximum absolute atomic E-state index is 13.0. The van der Waals surface area contributed by atoms with Crippen molar-refractivity contribution in [3.05, 3.63) is 78.0 Å². The number of carboxylic acids is 1. The molecule has 1 aliphatic heterocycles. The number of rotatable bonds is 10. The van der Waals surface area contributed by atoms with Crippen LogP contribution in [0.1, 0.15) is 18.4 Å². The monoisotopic (exact) mass is 401 g/mol. The van der Waals surface area contributed by atoms with Gasteiger partial charge in [-0.1, -0.05) is 12.1 Å². The van der Waals surface area contributed by atoms with Gasteiger partial charge in [-0.3, -0.25) is 4.68 Å². The van der Waals surface area contributed by atoms with Gasteiger partial charge in [0.1, 0.15) is 11.2 Å². The fraction of sp³-hybridized carbons (Fsp3) is 0.333. The molecular formula is C21H24FN3O2S. The van der Waals surface area contributed by atoms with Gasteiger partial charge in [-0.25, -0.2) is 9.18 Å². The number of carbonyl (C=O) groups is 1. The molecule has 1 atom stereocenters. The van der Waals surface area contributed by atoms with E-state index in [1.165, 1.54) is 12.1 Å². The third-order valence-corrected chi connectivity index (χ3v) is 5.89. The van der Waals surface area contributed by atoms with Crippen LogP contribution in [0.25, 0.3) is 0 Å². The molecular weight excluding hydrogens is 377 g/mol. The number of nitrogens with zero attached hydrogens (tertiary/aromatic N) is 3. The van der Waals surface area contributed by atoms with Gasteiger partial charge in [0.25, 0.3) is 0 Å². The summed E-state index contributed by atoms with van der Waals surface area (Å²) in [6.07, 6.45) is 11.8. The Labute approximate surface area is 168 Å². The normalized spacial score (nSPS) is 16.2. The van der Waals surface area contributed by atoms with Crippen LogP contribution in [0.4, 0.5) is 4.39 Å². The molecule has 2 aromatic rings. The molecule has 3 rings (SSSR count). The smallest absolute Gasteiger partial charge is 0.334 e. The van der Waals surface area contributed by atoms with E-state index < -0.39 is 5.97 Å². The average molecular weight is 402 g/mol. The number of allylic oxidation sites excluding steroid dienone is 2. The molecule has 1 aliphatic rings. The van der Waals surface area contributed by atoms with Gasteiger partial charge < -0.3 is 10.0 Å². The first kappa shape index (κ1) is 20.2. The van der Waals surface area contributed by atoms with E-state index in [1.807, 2.05) is 23.1 Å². The van der Waals surface area contributed by atoms with Crippen molar-refractivity contribution in [2.24, 2.45) is 0 Å². The fourth-order valence-corrected chi connectivity index (χ4v) is 4.38. The number of carboxylic acid groups (broad SMARTS) is 1. The van der Waals surface area contributed by atoms with E-state index in [-0.39, 0.29) is 11.2 Å². The van der Waals surface area contributed by atoms with Crippen LogP contribution >= 0.6 is 11.8 Å². The quantitative estimate of drug-likeness (QED) is 0.611. The number of aryl methyl sites for hydroxylation is 2. The van der Waals surface area contributed by atoms with Crippen molar-refractivity contribution in [2.75, 3.05) is 12.3 Å². The number of aliphatic carboxylic acids is 1. The van der Waals surface area contributed by atoms with Crippen LogP contribution in [-0.2, 0) is 17.8 Å². The van der Waals surface area contributed by atoms with Gasteiger partial charge in [0, 0.05) is 31.7 Å². The van der Waals surface area contributed by atoms with Gasteiger partial charge in [0.2, 0.25) is 0 Å². The Morgan fingerprint density at radius 1 is 1.21 bits per heavy atom. The van der Waals surface area contributed by atoms with Crippen LogP contribution in [-0.4, -0.2) is 43.4 Å². The van der Waals surface area contributed by atoms with E-state index in [0.717, 1.165) is 43.7 Å². The van der Waals surface area contributed by atoms with Crippen molar-refractivity contribution in [3.8, 4) is 0 Å². The molecule has 0 fully saturated rings. The maximum atomic E-state index is 13.0. The predicted molar refractivity (Wildman–Crippen MR) is 109 cm³/mol. The number of thioether (sulfide) groups is 1. The van der Waals surface area contributed by atoms with Crippen LogP contribution in [0.3, 0.4) is 0 Å². The highest BCUT2D eigenvalue weighted by molar-refractivity contribution is 8.00. The van der Waals surface area contributed by atoms with Gasteiger partial charge in [-0.05, 0) is 60.9 Å². The second-order valence-electron chi connectivity index (χ2n) is 6.58. The Hall–Kier alpha value is -2.54. The molecule has 148 valence electrons. The third kappa shape index (κ3) is 5.73. The molecule has 0 aliphatic carbocycles. The molecule has 0 radical (unpaired) electrons. The van der Waals surface area contributed by atoms with E-state index in [1.54, 1.807) is 42.2 Å². The van der Waals surface area contributed by atoms with Gasteiger partial charge >= 0.3 is 5.97 Å². The lowest BCUT2D eigenvalue weighted by Gasteiger charge is -2.32. The first-order chi connectivity index (χ1) is 13.6. The van der Waals surface area contributed by atoms with Crippen molar-refractivity contribution in [3.63, 3.8) is 0 Å². The molecule has 5 nitrogen and oxygen atoms in total. The van der Waals surface area contributed by atoms with Gasteiger partial charge in [0.05, 0.1) is 5.57 Å². The number of hydrogen-bond acceptors (Lipinski definition) is 4. The SMILES string of the molecule is O=C(O)C1=CC=CN(CCCn2cccn2)C1SCCCc1ccc(F)cc1. The minimum Gasteiger partial charge on any atom is -0.478 e. The number of aromatic nitrogens is 2. The first-order valence-corrected chi connectivity index (χ1v) is 10.4. The third-order valence-electron chi connectivity index (χ3n) is 4.53. The van der Waals surface area contributed by atoms with Gasteiger partial charge in [-0.2, -0.15) is 5.10 Å². The Kier molecular flexibility index (Phi) is 7.31. The van der Waals surface area contributed by atoms with Crippen molar-refractivity contribution < 1.29 is 14.3 Å². The topological polar surface area (TPSA) is 58.4 Å². The highest BCUT2D eigenvalue weighted by atomic mass is 32.2. The molecule has 0 saturated heterocycles. The Balaban J connectivity index is 1.52. The molecule has 7 heteroatoms. The Morgan fingerprint density at radius 3 is 2.75 bits per heavy atom. The zero-order valence-electron chi connectivity index (χ0n) is 15.6. The molecule has 2 heterocycles. The van der Waals surface area contributed by atoms with Gasteiger partial charge in [0.15, 0.2) is 0 Å². The van der Waals surface area contributed by atoms with E-state index >= 15 is 0 Å². The molecule has 0 saturated carbocycles. The lowest BCUT2D eigenvalue weighted by molar-refractivity contribution is -0.133. The Bertz CT molecular complexity index is 819. The fourth-order valence-electron chi connectivity index (χ4n) is 3.12. The van der Waals surface area contributed by atoms with E-state index in [4.69, 9.17) is 0 Å². The van der Waals surface area contributed by atoms with E-state index in [9.17, 15) is 14.3 Å². The lowest BCUT2D eigenvalue weighted by Crippen LogP contribution is -2.35. The van der Waals surface area contributed by atoms with Crippen LogP contribution in [0.15, 0.2) is 66.7 Å². The summed E-state index contributed by atoms with van der Waals surface area (Å²) in [4.78, 5) is 13.8. The summed E-state index contributed by atoms with van der Waals surface area (Å²) in [5.41, 5.74) is 1.50. The summed E-state index contributed by atoms with van der Waals surface area (Å²) in [7, 11) is 0. The molecule has 0 spiro atoms. The highest BCUT2D eigenvalue weighted by Gasteiger charge is 2.27. The second-order valence-corrected chi connectivity index (χ2v) is 7.77. The molecule has 28 heavy (non-hydrogen) atoms. The molecule has 0 amide bonds. The summed E-state index contributed by atoms with van der Waals surface area (Å²) >= 11 is 1.64. The largest absolute Gasteiger partial charge is 0.478 e. The van der Waals surface area contributed by atoms with E-state index in [0.29, 0.717) is 5.57 Å². The molecule has 1 N–H and O–H groups in total. The highest BCUT2D eigenvalue weighted by Crippen LogP contribution is 2.28. The summed E-state index contributed by atoms with van der Waals surface area (Å²) in [5.74, 6) is -0.276. The lowest BCUT2D eigenvalue weighted by atomic mass is 10.1. The zero-order valence-corrected chi connectivity index (χ0v) is 16.4. The minimum atomic E-state index is -0.877. The summed E-state index contributed by atoms with van der Waals surface area (Å²) in [6, 6.07) is 8.44. The number of halogens is 1. The van der Waals surface area contributed by atoms with Crippen molar-refractivity contribution in [2.45, 2.75) is 31.2 Å². The average Bonchev–Trinajstić information content (AvgIpc) is 3.20. The van der Waals surface area contributed by atoms with Crippen molar-refractivity contribution in [1.29, 1.82) is 0 Å². The Morgan fingerprint density at radius 2 is 2.04 bits per heavy atom.